The molecule has 38 heavy (non-hydrogen) atoms. The van der Waals surface area contributed by atoms with Crippen LogP contribution >= 0.6 is 11.3 Å². The minimum atomic E-state index is -4.54. The van der Waals surface area contributed by atoms with Gasteiger partial charge in [0, 0.05) is 44.6 Å². The summed E-state index contributed by atoms with van der Waals surface area (Å²) in [5, 5.41) is 8.15. The van der Waals surface area contributed by atoms with Gasteiger partial charge in [-0.3, -0.25) is 4.79 Å². The third-order valence-electron chi connectivity index (χ3n) is 7.26. The average Bonchev–Trinajstić information content (AvgIpc) is 3.63. The van der Waals surface area contributed by atoms with Gasteiger partial charge in [0.25, 0.3) is 0 Å². The molecule has 1 amide bonds. The van der Waals surface area contributed by atoms with Gasteiger partial charge < -0.3 is 19.3 Å². The molecular weight excluding hydrogens is 517 g/mol. The Morgan fingerprint density at radius 2 is 1.95 bits per heavy atom. The number of amides is 1. The highest BCUT2D eigenvalue weighted by Gasteiger charge is 2.40. The zero-order valence-electron chi connectivity index (χ0n) is 22.0. The summed E-state index contributed by atoms with van der Waals surface area (Å²) < 4.78 is 41.2. The minimum absolute atomic E-state index is 0.104. The second kappa shape index (κ2) is 10.7. The molecule has 1 saturated heterocycles. The maximum Gasteiger partial charge on any atom is 0.451 e. The summed E-state index contributed by atoms with van der Waals surface area (Å²) in [5.41, 5.74) is 0. The fourth-order valence-corrected chi connectivity index (χ4v) is 6.33. The van der Waals surface area contributed by atoms with E-state index in [1.165, 1.54) is 4.88 Å². The maximum atomic E-state index is 13.3. The average molecular weight is 551 g/mol. The van der Waals surface area contributed by atoms with Crippen molar-refractivity contribution in [3.8, 4) is 0 Å². The van der Waals surface area contributed by atoms with E-state index < -0.39 is 12.0 Å². The maximum absolute atomic E-state index is 13.3. The van der Waals surface area contributed by atoms with E-state index in [0.29, 0.717) is 31.4 Å². The predicted octanol–water partition coefficient (Wildman–Crippen LogP) is 4.36. The number of aryl methyl sites for hydroxylation is 1. The van der Waals surface area contributed by atoms with Crippen molar-refractivity contribution in [1.82, 2.24) is 29.6 Å². The summed E-state index contributed by atoms with van der Waals surface area (Å²) in [6, 6.07) is 2.10. The fraction of sp³-hybridized carbons (Fsp3) is 0.640. The van der Waals surface area contributed by atoms with Crippen molar-refractivity contribution in [2.45, 2.75) is 65.2 Å². The van der Waals surface area contributed by atoms with Crippen molar-refractivity contribution in [1.29, 1.82) is 0 Å². The van der Waals surface area contributed by atoms with Gasteiger partial charge in [-0.05, 0) is 25.3 Å². The zero-order chi connectivity index (χ0) is 27.0. The standard InChI is InChI=1S/C25H33F3N8OS/c1-4-6-9-33(3)22(37)16-8-10-35(14-16)24-29-20(18-13-17(7-5-2)38-21(18)30-24)34-11-12-36-19(15-34)31-32-23(36)25(26,27)28/h13,16H,4-12,14-15H2,1-3H3. The number of thiophene rings is 1. The number of nitrogens with zero attached hydrogens (tertiary/aromatic N) is 8. The first-order valence-corrected chi connectivity index (χ1v) is 14.1. The van der Waals surface area contributed by atoms with Gasteiger partial charge in [-0.1, -0.05) is 26.7 Å². The highest BCUT2D eigenvalue weighted by Crippen LogP contribution is 2.37. The number of fused-ring (bicyclic) bond motifs is 2. The van der Waals surface area contributed by atoms with E-state index in [2.05, 4.69) is 35.0 Å². The lowest BCUT2D eigenvalue weighted by molar-refractivity contribution is -0.147. The highest BCUT2D eigenvalue weighted by atomic mass is 32.1. The lowest BCUT2D eigenvalue weighted by atomic mass is 10.1. The molecule has 0 radical (unpaired) electrons. The van der Waals surface area contributed by atoms with Gasteiger partial charge in [0.2, 0.25) is 17.7 Å². The van der Waals surface area contributed by atoms with Gasteiger partial charge >= 0.3 is 6.18 Å². The second-order valence-electron chi connectivity index (χ2n) is 10.1. The number of rotatable bonds is 8. The molecule has 1 unspecified atom stereocenters. The number of alkyl halides is 3. The molecule has 13 heteroatoms. The molecule has 3 aromatic rings. The molecule has 206 valence electrons. The Hall–Kier alpha value is -2.96. The van der Waals surface area contributed by atoms with Crippen LogP contribution in [0.3, 0.4) is 0 Å². The quantitative estimate of drug-likeness (QED) is 0.412. The third-order valence-corrected chi connectivity index (χ3v) is 8.35. The van der Waals surface area contributed by atoms with E-state index in [4.69, 9.17) is 9.97 Å². The van der Waals surface area contributed by atoms with Crippen LogP contribution in [0.25, 0.3) is 10.2 Å². The summed E-state index contributed by atoms with van der Waals surface area (Å²) in [4.78, 5) is 30.7. The smallest absolute Gasteiger partial charge is 0.347 e. The number of unbranched alkanes of at least 4 members (excludes halogenated alkanes) is 1. The molecule has 0 saturated carbocycles. The van der Waals surface area contributed by atoms with Gasteiger partial charge in [-0.25, -0.2) is 4.98 Å². The van der Waals surface area contributed by atoms with Gasteiger partial charge in [0.15, 0.2) is 5.82 Å². The van der Waals surface area contributed by atoms with E-state index in [-0.39, 0.29) is 30.7 Å². The predicted molar refractivity (Wildman–Crippen MR) is 140 cm³/mol. The van der Waals surface area contributed by atoms with Crippen LogP contribution < -0.4 is 9.80 Å². The molecule has 0 N–H and O–H groups in total. The summed E-state index contributed by atoms with van der Waals surface area (Å²) in [5.74, 6) is 0.613. The minimum Gasteiger partial charge on any atom is -0.347 e. The molecule has 2 aliphatic heterocycles. The lowest BCUT2D eigenvalue weighted by Gasteiger charge is -2.30. The topological polar surface area (TPSA) is 83.3 Å². The molecule has 5 rings (SSSR count). The Bertz CT molecular complexity index is 1310. The fourth-order valence-electron chi connectivity index (χ4n) is 5.21. The van der Waals surface area contributed by atoms with Crippen molar-refractivity contribution in [2.75, 3.05) is 43.0 Å². The molecule has 1 fully saturated rings. The van der Waals surface area contributed by atoms with Crippen LogP contribution in [0.2, 0.25) is 0 Å². The molecule has 0 spiro atoms. The van der Waals surface area contributed by atoms with E-state index in [1.807, 2.05) is 16.8 Å². The van der Waals surface area contributed by atoms with Gasteiger partial charge in [-0.2, -0.15) is 18.2 Å². The van der Waals surface area contributed by atoms with E-state index >= 15 is 0 Å². The molecule has 2 aliphatic rings. The largest absolute Gasteiger partial charge is 0.451 e. The Morgan fingerprint density at radius 1 is 1.13 bits per heavy atom. The van der Waals surface area contributed by atoms with Crippen LogP contribution in [0, 0.1) is 5.92 Å². The lowest BCUT2D eigenvalue weighted by Crippen LogP contribution is -2.37. The van der Waals surface area contributed by atoms with Crippen LogP contribution in [-0.2, 0) is 30.5 Å². The number of hydrogen-bond acceptors (Lipinski definition) is 8. The van der Waals surface area contributed by atoms with Crippen molar-refractivity contribution >= 4 is 39.2 Å². The number of carbonyl (C=O) groups excluding carboxylic acids is 1. The Balaban J connectivity index is 1.43. The molecule has 1 atom stereocenters. The number of aromatic nitrogens is 5. The van der Waals surface area contributed by atoms with Gasteiger partial charge in [-0.15, -0.1) is 21.5 Å². The third kappa shape index (κ3) is 5.16. The SMILES string of the molecule is CCCCN(C)C(=O)C1CCN(c2nc(N3CCn4c(nnc4C(F)(F)F)C3)c3cc(CCC)sc3n2)C1. The molecule has 3 aromatic heterocycles. The molecule has 5 heterocycles. The summed E-state index contributed by atoms with van der Waals surface area (Å²) in [6.45, 7) is 6.86. The summed E-state index contributed by atoms with van der Waals surface area (Å²) >= 11 is 1.63. The second-order valence-corrected chi connectivity index (χ2v) is 11.2. The van der Waals surface area contributed by atoms with Gasteiger partial charge in [0.05, 0.1) is 17.8 Å². The Labute approximate surface area is 223 Å². The number of anilines is 2. The zero-order valence-corrected chi connectivity index (χ0v) is 22.8. The van der Waals surface area contributed by atoms with E-state index in [0.717, 1.165) is 53.4 Å². The molecule has 0 aliphatic carbocycles. The summed E-state index contributed by atoms with van der Waals surface area (Å²) in [6.07, 6.45) is 0.134. The van der Waals surface area contributed by atoms with Crippen LogP contribution in [0.5, 0.6) is 0 Å². The number of carbonyl (C=O) groups is 1. The first-order valence-electron chi connectivity index (χ1n) is 13.2. The van der Waals surface area contributed by atoms with Crippen molar-refractivity contribution in [2.24, 2.45) is 5.92 Å². The van der Waals surface area contributed by atoms with Crippen molar-refractivity contribution in [3.05, 3.63) is 22.6 Å². The summed E-state index contributed by atoms with van der Waals surface area (Å²) in [7, 11) is 1.86. The first-order chi connectivity index (χ1) is 18.2. The molecule has 9 nitrogen and oxygen atoms in total. The highest BCUT2D eigenvalue weighted by molar-refractivity contribution is 7.18. The van der Waals surface area contributed by atoms with Crippen LogP contribution in [0.15, 0.2) is 6.07 Å². The molecule has 0 aromatic carbocycles. The Kier molecular flexibility index (Phi) is 7.47. The number of hydrogen-bond donors (Lipinski definition) is 0. The van der Waals surface area contributed by atoms with Crippen LogP contribution in [-0.4, -0.2) is 68.8 Å². The molecule has 0 bridgehead atoms. The van der Waals surface area contributed by atoms with Crippen LogP contribution in [0.1, 0.15) is 56.1 Å². The van der Waals surface area contributed by atoms with Crippen LogP contribution in [0.4, 0.5) is 24.9 Å². The first kappa shape index (κ1) is 26.6. The van der Waals surface area contributed by atoms with E-state index in [1.54, 1.807) is 11.3 Å². The van der Waals surface area contributed by atoms with Crippen molar-refractivity contribution < 1.29 is 18.0 Å². The normalized spacial score (nSPS) is 17.9. The molecular formula is C25H33F3N8OS. The number of halogens is 3. The van der Waals surface area contributed by atoms with E-state index in [9.17, 15) is 18.0 Å². The monoisotopic (exact) mass is 550 g/mol. The van der Waals surface area contributed by atoms with Gasteiger partial charge in [0.1, 0.15) is 10.6 Å². The Morgan fingerprint density at radius 3 is 2.68 bits per heavy atom. The van der Waals surface area contributed by atoms with Crippen molar-refractivity contribution in [3.63, 3.8) is 0 Å².